The van der Waals surface area contributed by atoms with Crippen molar-refractivity contribution in [2.45, 2.75) is 258 Å². The minimum absolute atomic E-state index is 0.110. The molecule has 0 bridgehead atoms. The molecule has 0 saturated carbocycles. The van der Waals surface area contributed by atoms with E-state index in [0.29, 0.717) is 19.3 Å². The van der Waals surface area contributed by atoms with Crippen molar-refractivity contribution in [3.05, 3.63) is 182 Å². The van der Waals surface area contributed by atoms with Gasteiger partial charge in [0.1, 0.15) is 13.2 Å². The van der Waals surface area contributed by atoms with Gasteiger partial charge < -0.3 is 14.2 Å². The van der Waals surface area contributed by atoms with E-state index in [-0.39, 0.29) is 31.1 Å². The lowest BCUT2D eigenvalue weighted by molar-refractivity contribution is -0.167. The second-order valence-corrected chi connectivity index (χ2v) is 20.5. The van der Waals surface area contributed by atoms with E-state index in [1.807, 2.05) is 0 Å². The Kier molecular flexibility index (Phi) is 62.5. The van der Waals surface area contributed by atoms with E-state index in [1.54, 1.807) is 0 Å². The summed E-state index contributed by atoms with van der Waals surface area (Å²) in [5.74, 6) is -0.972. The van der Waals surface area contributed by atoms with E-state index in [2.05, 4.69) is 203 Å². The van der Waals surface area contributed by atoms with Gasteiger partial charge in [0.2, 0.25) is 0 Å². The lowest BCUT2D eigenvalue weighted by atomic mass is 10.1. The van der Waals surface area contributed by atoms with Crippen LogP contribution in [-0.2, 0) is 28.6 Å². The Balaban J connectivity index is 4.48. The number of hydrogen-bond donors (Lipinski definition) is 0. The molecule has 0 aliphatic carbocycles. The van der Waals surface area contributed by atoms with E-state index >= 15 is 0 Å². The Morgan fingerprint density at radius 3 is 0.691 bits per heavy atom. The van der Waals surface area contributed by atoms with Gasteiger partial charge in [-0.1, -0.05) is 261 Å². The maximum absolute atomic E-state index is 12.9. The molecule has 0 heterocycles. The molecule has 6 heteroatoms. The van der Waals surface area contributed by atoms with Crippen LogP contribution in [0.4, 0.5) is 0 Å². The third kappa shape index (κ3) is 65.2. The summed E-state index contributed by atoms with van der Waals surface area (Å²) >= 11 is 0. The summed E-state index contributed by atoms with van der Waals surface area (Å²) < 4.78 is 16.9. The summed E-state index contributed by atoms with van der Waals surface area (Å²) in [6.45, 7) is 6.24. The molecule has 0 aliphatic heterocycles. The molecule has 452 valence electrons. The van der Waals surface area contributed by atoms with Gasteiger partial charge in [0.25, 0.3) is 0 Å². The lowest BCUT2D eigenvalue weighted by Crippen LogP contribution is -2.30. The molecule has 0 rings (SSSR count). The van der Waals surface area contributed by atoms with Crippen LogP contribution in [0.1, 0.15) is 252 Å². The van der Waals surface area contributed by atoms with Gasteiger partial charge in [-0.15, -0.1) is 0 Å². The van der Waals surface area contributed by atoms with E-state index in [0.717, 1.165) is 199 Å². The van der Waals surface area contributed by atoms with Crippen molar-refractivity contribution in [1.82, 2.24) is 0 Å². The molecule has 0 aromatic rings. The summed E-state index contributed by atoms with van der Waals surface area (Å²) in [4.78, 5) is 38.3. The van der Waals surface area contributed by atoms with Crippen LogP contribution in [0.15, 0.2) is 182 Å². The second kappa shape index (κ2) is 67.0. The van der Waals surface area contributed by atoms with Gasteiger partial charge in [-0.25, -0.2) is 0 Å². The number of rotatable bonds is 56. The summed E-state index contributed by atoms with van der Waals surface area (Å²) in [5, 5.41) is 0. The second-order valence-electron chi connectivity index (χ2n) is 20.5. The molecule has 0 saturated heterocycles. The molecule has 1 unspecified atom stereocenters. The lowest BCUT2D eigenvalue weighted by Gasteiger charge is -2.18. The van der Waals surface area contributed by atoms with Gasteiger partial charge in [-0.2, -0.15) is 0 Å². The molecular weight excluding hydrogens is 997 g/mol. The Bertz CT molecular complexity index is 1900. The van der Waals surface area contributed by atoms with Crippen molar-refractivity contribution in [3.63, 3.8) is 0 Å². The molecule has 81 heavy (non-hydrogen) atoms. The molecule has 1 atom stereocenters. The molecule has 6 nitrogen and oxygen atoms in total. The molecule has 0 radical (unpaired) electrons. The highest BCUT2D eigenvalue weighted by Gasteiger charge is 2.19. The summed E-state index contributed by atoms with van der Waals surface area (Å²) in [6, 6.07) is 0. The number of esters is 3. The molecule has 0 amide bonds. The maximum atomic E-state index is 12.9. The summed E-state index contributed by atoms with van der Waals surface area (Å²) in [7, 11) is 0. The Morgan fingerprint density at radius 1 is 0.247 bits per heavy atom. The number of carbonyl (C=O) groups excluding carboxylic acids is 3. The van der Waals surface area contributed by atoms with Crippen molar-refractivity contribution in [2.24, 2.45) is 0 Å². The van der Waals surface area contributed by atoms with Gasteiger partial charge in [0.15, 0.2) is 6.10 Å². The van der Waals surface area contributed by atoms with Crippen LogP contribution in [0.25, 0.3) is 0 Å². The first kappa shape index (κ1) is 75.5. The molecule has 0 aromatic carbocycles. The van der Waals surface area contributed by atoms with Crippen molar-refractivity contribution < 1.29 is 28.6 Å². The Morgan fingerprint density at radius 2 is 0.444 bits per heavy atom. The van der Waals surface area contributed by atoms with E-state index < -0.39 is 6.10 Å². The monoisotopic (exact) mass is 1110 g/mol. The van der Waals surface area contributed by atoms with Crippen LogP contribution in [0.2, 0.25) is 0 Å². The van der Waals surface area contributed by atoms with Gasteiger partial charge in [-0.3, -0.25) is 14.4 Å². The molecule has 0 fully saturated rings. The zero-order valence-electron chi connectivity index (χ0n) is 51.7. The summed E-state index contributed by atoms with van der Waals surface area (Å²) in [5.41, 5.74) is 0. The SMILES string of the molecule is CC/C=C\C/C=C\C/C=C\C/C=C\C/C=C\C/C=C\C/C=C\C/C=C\CCCCCCC(=O)OCC(COC(=O)CCCCCCC/C=C\C/C=C\C/C=C\CC)OC(=O)CCCCCCCC/C=C\C/C=C\C/C=C\C/C=C\CC. The first-order chi connectivity index (χ1) is 40.0. The third-order valence-corrected chi connectivity index (χ3v) is 12.9. The first-order valence-corrected chi connectivity index (χ1v) is 32.3. The van der Waals surface area contributed by atoms with E-state index in [1.165, 1.54) is 12.8 Å². The quantitative estimate of drug-likeness (QED) is 0.0261. The van der Waals surface area contributed by atoms with Gasteiger partial charge in [-0.05, 0) is 154 Å². The Labute approximate surface area is 497 Å². The highest BCUT2D eigenvalue weighted by molar-refractivity contribution is 5.71. The standard InChI is InChI=1S/C75H116O6/c1-4-7-10-13-16-19-22-25-28-30-32-33-34-35-36-37-38-39-40-41-43-44-47-50-53-56-59-62-65-68-74(77)80-71-72(70-79-73(76)67-64-61-58-55-52-49-46-27-24-21-18-15-12-9-6-3)81-75(78)69-66-63-60-57-54-51-48-45-42-31-29-26-23-20-17-14-11-8-5-2/h7-12,16-21,25-29,32-33,35-36,38-39,41-43,45-47,50,72H,4-6,13-15,22-24,30-31,34,37,40,44,48-49,51-71H2,1-3H3/b10-7-,11-8-,12-9-,19-16-,20-17-,21-18-,28-25-,29-26-,33-32-,36-35-,39-38-,43-41-,45-42-,46-27-,50-47-. The van der Waals surface area contributed by atoms with Crippen LogP contribution in [0, 0.1) is 0 Å². The average molecular weight is 1110 g/mol. The maximum Gasteiger partial charge on any atom is 0.306 e. The van der Waals surface area contributed by atoms with Gasteiger partial charge in [0.05, 0.1) is 0 Å². The molecule has 0 aromatic heterocycles. The summed E-state index contributed by atoms with van der Waals surface area (Å²) in [6.07, 6.45) is 100. The average Bonchev–Trinajstić information content (AvgIpc) is 3.47. The molecule has 0 aliphatic rings. The van der Waals surface area contributed by atoms with E-state index in [9.17, 15) is 14.4 Å². The van der Waals surface area contributed by atoms with Crippen LogP contribution >= 0.6 is 0 Å². The molecular formula is C75H116O6. The minimum atomic E-state index is -0.816. The number of allylic oxidation sites excluding steroid dienone is 30. The van der Waals surface area contributed by atoms with E-state index in [4.69, 9.17) is 14.2 Å². The number of hydrogen-bond acceptors (Lipinski definition) is 6. The van der Waals surface area contributed by atoms with Crippen molar-refractivity contribution in [2.75, 3.05) is 13.2 Å². The van der Waals surface area contributed by atoms with Crippen LogP contribution < -0.4 is 0 Å². The fourth-order valence-corrected chi connectivity index (χ4v) is 8.17. The Hall–Kier alpha value is -5.49. The smallest absolute Gasteiger partial charge is 0.306 e. The first-order valence-electron chi connectivity index (χ1n) is 32.3. The fourth-order valence-electron chi connectivity index (χ4n) is 8.17. The topological polar surface area (TPSA) is 78.9 Å². The number of unbranched alkanes of at least 4 members (excludes halogenated alkanes) is 15. The fraction of sp³-hybridized carbons (Fsp3) is 0.560. The predicted molar refractivity (Wildman–Crippen MR) is 352 cm³/mol. The number of ether oxygens (including phenoxy) is 3. The third-order valence-electron chi connectivity index (χ3n) is 12.9. The highest BCUT2D eigenvalue weighted by atomic mass is 16.6. The zero-order chi connectivity index (χ0) is 58.5. The van der Waals surface area contributed by atoms with Crippen LogP contribution in [0.3, 0.4) is 0 Å². The molecule has 0 spiro atoms. The van der Waals surface area contributed by atoms with Crippen LogP contribution in [-0.4, -0.2) is 37.2 Å². The zero-order valence-corrected chi connectivity index (χ0v) is 51.7. The number of carbonyl (C=O) groups is 3. The molecule has 0 N–H and O–H groups in total. The van der Waals surface area contributed by atoms with Crippen molar-refractivity contribution in [1.29, 1.82) is 0 Å². The van der Waals surface area contributed by atoms with Crippen LogP contribution in [0.5, 0.6) is 0 Å². The predicted octanol–water partition coefficient (Wildman–Crippen LogP) is 22.4. The largest absolute Gasteiger partial charge is 0.462 e. The van der Waals surface area contributed by atoms with Crippen molar-refractivity contribution in [3.8, 4) is 0 Å². The van der Waals surface area contributed by atoms with Gasteiger partial charge >= 0.3 is 17.9 Å². The highest BCUT2D eigenvalue weighted by Crippen LogP contribution is 2.14. The minimum Gasteiger partial charge on any atom is -0.462 e. The van der Waals surface area contributed by atoms with Crippen molar-refractivity contribution >= 4 is 17.9 Å². The van der Waals surface area contributed by atoms with Gasteiger partial charge in [0, 0.05) is 19.3 Å². The normalized spacial score (nSPS) is 13.4.